The monoisotopic (exact) mass is 463 g/mol. The molecule has 0 saturated heterocycles. The first-order valence-electron chi connectivity index (χ1n) is 11.0. The molecular weight excluding hydrogens is 438 g/mol. The molecule has 1 saturated carbocycles. The van der Waals surface area contributed by atoms with E-state index < -0.39 is 15.4 Å². The van der Waals surface area contributed by atoms with Gasteiger partial charge < -0.3 is 9.47 Å². The molecule has 1 heterocycles. The molecule has 3 aromatic carbocycles. The van der Waals surface area contributed by atoms with Crippen LogP contribution in [0.4, 0.5) is 0 Å². The summed E-state index contributed by atoms with van der Waals surface area (Å²) in [4.78, 5) is 13.5. The van der Waals surface area contributed by atoms with Gasteiger partial charge in [0, 0.05) is 6.42 Å². The number of hydrogen-bond donors (Lipinski definition) is 1. The summed E-state index contributed by atoms with van der Waals surface area (Å²) in [5, 5.41) is 5.22. The van der Waals surface area contributed by atoms with Gasteiger partial charge in [-0.3, -0.25) is 4.79 Å². The number of rotatable bonds is 7. The number of nitrogens with two attached hydrogens (primary N) is 1. The Kier molecular flexibility index (Phi) is 5.26. The Labute approximate surface area is 193 Å². The van der Waals surface area contributed by atoms with Crippen LogP contribution in [0.2, 0.25) is 0 Å². The first-order valence-corrected chi connectivity index (χ1v) is 12.5. The highest BCUT2D eigenvalue weighted by Gasteiger charge is 2.50. The lowest BCUT2D eigenvalue weighted by Crippen LogP contribution is -2.22. The third kappa shape index (κ3) is 4.03. The standard InChI is InChI=1S/C26H25NO5S/c1-2-18-4-3-17(13-22(18)19-5-8-21(9-6-19)33(27,29)30)14-25(28)26(11-12-26)20-7-10-23-24(15-20)32-16-31-23/h3-10,13,15H,2,11-12,14,16H2,1H3,(H2,27,29,30). The Bertz CT molecular complexity index is 1340. The summed E-state index contributed by atoms with van der Waals surface area (Å²) in [6, 6.07) is 18.4. The molecule has 0 radical (unpaired) electrons. The molecule has 5 rings (SSSR count). The predicted molar refractivity (Wildman–Crippen MR) is 125 cm³/mol. The van der Waals surface area contributed by atoms with Crippen LogP contribution in [0.15, 0.2) is 65.6 Å². The molecule has 3 aromatic rings. The number of carbonyl (C=O) groups excluding carboxylic acids is 1. The van der Waals surface area contributed by atoms with Crippen molar-refractivity contribution in [1.29, 1.82) is 0 Å². The lowest BCUT2D eigenvalue weighted by atomic mass is 9.86. The van der Waals surface area contributed by atoms with Gasteiger partial charge >= 0.3 is 0 Å². The maximum atomic E-state index is 13.4. The fraction of sp³-hybridized carbons (Fsp3) is 0.269. The fourth-order valence-electron chi connectivity index (χ4n) is 4.54. The van der Waals surface area contributed by atoms with Gasteiger partial charge in [-0.15, -0.1) is 0 Å². The highest BCUT2D eigenvalue weighted by Crippen LogP contribution is 2.51. The number of hydrogen-bond acceptors (Lipinski definition) is 5. The van der Waals surface area contributed by atoms with Crippen molar-refractivity contribution in [3.05, 3.63) is 77.4 Å². The van der Waals surface area contributed by atoms with Gasteiger partial charge in [0.1, 0.15) is 5.78 Å². The van der Waals surface area contributed by atoms with E-state index in [-0.39, 0.29) is 17.5 Å². The van der Waals surface area contributed by atoms with Crippen molar-refractivity contribution in [2.75, 3.05) is 6.79 Å². The van der Waals surface area contributed by atoms with Gasteiger partial charge in [-0.1, -0.05) is 43.3 Å². The van der Waals surface area contributed by atoms with Crippen molar-refractivity contribution < 1.29 is 22.7 Å². The second-order valence-electron chi connectivity index (χ2n) is 8.66. The number of aryl methyl sites for hydroxylation is 1. The molecule has 2 aliphatic rings. The molecule has 33 heavy (non-hydrogen) atoms. The second-order valence-corrected chi connectivity index (χ2v) is 10.2. The summed E-state index contributed by atoms with van der Waals surface area (Å²) in [6.45, 7) is 2.28. The first-order chi connectivity index (χ1) is 15.8. The van der Waals surface area contributed by atoms with Crippen molar-refractivity contribution >= 4 is 15.8 Å². The van der Waals surface area contributed by atoms with Gasteiger partial charge in [-0.05, 0) is 71.3 Å². The minimum absolute atomic E-state index is 0.0787. The quantitative estimate of drug-likeness (QED) is 0.568. The van der Waals surface area contributed by atoms with E-state index in [4.69, 9.17) is 14.6 Å². The maximum absolute atomic E-state index is 13.4. The van der Waals surface area contributed by atoms with Crippen molar-refractivity contribution in [2.45, 2.75) is 42.9 Å². The summed E-state index contributed by atoms with van der Waals surface area (Å²) in [7, 11) is -3.74. The lowest BCUT2D eigenvalue weighted by molar-refractivity contribution is -0.120. The lowest BCUT2D eigenvalue weighted by Gasteiger charge is -2.16. The van der Waals surface area contributed by atoms with Gasteiger partial charge in [0.05, 0.1) is 10.3 Å². The Morgan fingerprint density at radius 3 is 2.36 bits per heavy atom. The topological polar surface area (TPSA) is 95.7 Å². The molecule has 170 valence electrons. The minimum Gasteiger partial charge on any atom is -0.454 e. The van der Waals surface area contributed by atoms with Gasteiger partial charge in [-0.25, -0.2) is 13.6 Å². The average molecular weight is 464 g/mol. The summed E-state index contributed by atoms with van der Waals surface area (Å²) < 4.78 is 34.1. The van der Waals surface area contributed by atoms with E-state index in [1.165, 1.54) is 12.1 Å². The second kappa shape index (κ2) is 8.01. The van der Waals surface area contributed by atoms with E-state index in [2.05, 4.69) is 6.92 Å². The van der Waals surface area contributed by atoms with Gasteiger partial charge in [-0.2, -0.15) is 0 Å². The average Bonchev–Trinajstić information content (AvgIpc) is 3.49. The smallest absolute Gasteiger partial charge is 0.238 e. The van der Waals surface area contributed by atoms with Crippen LogP contribution in [0.1, 0.15) is 36.5 Å². The largest absolute Gasteiger partial charge is 0.454 e. The van der Waals surface area contributed by atoms with Crippen LogP contribution in [0, 0.1) is 0 Å². The zero-order valence-corrected chi connectivity index (χ0v) is 19.2. The molecule has 1 aliphatic carbocycles. The number of sulfonamides is 1. The molecule has 0 unspecified atom stereocenters. The fourth-order valence-corrected chi connectivity index (χ4v) is 5.05. The number of Topliss-reactive ketones (excluding diaryl/α,β-unsaturated/α-hetero) is 1. The minimum atomic E-state index is -3.74. The number of fused-ring (bicyclic) bond motifs is 1. The Balaban J connectivity index is 1.42. The van der Waals surface area contributed by atoms with Crippen LogP contribution < -0.4 is 14.6 Å². The first kappa shape index (κ1) is 21.7. The van der Waals surface area contributed by atoms with Crippen molar-refractivity contribution in [2.24, 2.45) is 5.14 Å². The molecule has 0 spiro atoms. The van der Waals surface area contributed by atoms with Gasteiger partial charge in [0.25, 0.3) is 0 Å². The third-order valence-electron chi connectivity index (χ3n) is 6.62. The number of benzene rings is 3. The van der Waals surface area contributed by atoms with Crippen LogP contribution in [0.3, 0.4) is 0 Å². The van der Waals surface area contributed by atoms with Crippen LogP contribution in [0.25, 0.3) is 11.1 Å². The zero-order valence-electron chi connectivity index (χ0n) is 18.3. The van der Waals surface area contributed by atoms with Crippen LogP contribution >= 0.6 is 0 Å². The molecule has 1 fully saturated rings. The number of ether oxygens (including phenoxy) is 2. The van der Waals surface area contributed by atoms with Crippen molar-refractivity contribution in [1.82, 2.24) is 0 Å². The van der Waals surface area contributed by atoms with Gasteiger partial charge in [0.2, 0.25) is 16.8 Å². The van der Waals surface area contributed by atoms with Crippen molar-refractivity contribution in [3.8, 4) is 22.6 Å². The molecule has 0 aromatic heterocycles. The summed E-state index contributed by atoms with van der Waals surface area (Å²) in [5.41, 5.74) is 4.49. The summed E-state index contributed by atoms with van der Waals surface area (Å²) >= 11 is 0. The van der Waals surface area contributed by atoms with Crippen LogP contribution in [-0.2, 0) is 33.1 Å². The van der Waals surface area contributed by atoms with Gasteiger partial charge in [0.15, 0.2) is 11.5 Å². The Morgan fingerprint density at radius 1 is 0.970 bits per heavy atom. The summed E-state index contributed by atoms with van der Waals surface area (Å²) in [5.74, 6) is 1.61. The Hall–Kier alpha value is -3.16. The SMILES string of the molecule is CCc1ccc(CC(=O)C2(c3ccc4c(c3)OCO4)CC2)cc1-c1ccc(S(N)(=O)=O)cc1. The molecule has 2 N–H and O–H groups in total. The molecule has 0 amide bonds. The zero-order chi connectivity index (χ0) is 23.2. The predicted octanol–water partition coefficient (Wildman–Crippen LogP) is 4.14. The molecule has 1 aliphatic heterocycles. The van der Waals surface area contributed by atoms with E-state index in [1.807, 2.05) is 36.4 Å². The Morgan fingerprint density at radius 2 is 1.70 bits per heavy atom. The normalized spacial score (nSPS) is 15.9. The molecule has 6 nitrogen and oxygen atoms in total. The summed E-state index contributed by atoms with van der Waals surface area (Å²) in [6.07, 6.45) is 2.82. The number of primary sulfonamides is 1. The number of ketones is 1. The van der Waals surface area contributed by atoms with Crippen LogP contribution in [-0.4, -0.2) is 21.0 Å². The van der Waals surface area contributed by atoms with E-state index >= 15 is 0 Å². The highest BCUT2D eigenvalue weighted by atomic mass is 32.2. The van der Waals surface area contributed by atoms with E-state index in [9.17, 15) is 13.2 Å². The third-order valence-corrected chi connectivity index (χ3v) is 7.55. The van der Waals surface area contributed by atoms with E-state index in [1.54, 1.807) is 12.1 Å². The van der Waals surface area contributed by atoms with E-state index in [0.29, 0.717) is 12.2 Å². The van der Waals surface area contributed by atoms with E-state index in [0.717, 1.165) is 52.8 Å². The molecule has 7 heteroatoms. The molecular formula is C26H25NO5S. The van der Waals surface area contributed by atoms with Crippen LogP contribution in [0.5, 0.6) is 11.5 Å². The van der Waals surface area contributed by atoms with Crippen molar-refractivity contribution in [3.63, 3.8) is 0 Å². The molecule has 0 bridgehead atoms. The molecule has 0 atom stereocenters. The highest BCUT2D eigenvalue weighted by molar-refractivity contribution is 7.89. The number of carbonyl (C=O) groups is 1. The maximum Gasteiger partial charge on any atom is 0.238 e.